The minimum atomic E-state index is -1.14. The molecule has 1 saturated heterocycles. The summed E-state index contributed by atoms with van der Waals surface area (Å²) in [7, 11) is 1.70. The molecule has 0 unspecified atom stereocenters. The van der Waals surface area contributed by atoms with Crippen molar-refractivity contribution in [3.63, 3.8) is 0 Å². The Morgan fingerprint density at radius 2 is 2.05 bits per heavy atom. The van der Waals surface area contributed by atoms with Crippen molar-refractivity contribution >= 4 is 29.3 Å². The smallest absolute Gasteiger partial charge is 0.337 e. The van der Waals surface area contributed by atoms with Gasteiger partial charge in [0.1, 0.15) is 0 Å². The lowest BCUT2D eigenvalue weighted by Gasteiger charge is -2.31. The Balaban J connectivity index is 2.10. The van der Waals surface area contributed by atoms with Crippen molar-refractivity contribution in [1.82, 2.24) is 4.90 Å². The second-order valence-corrected chi connectivity index (χ2v) is 5.32. The van der Waals surface area contributed by atoms with Crippen molar-refractivity contribution in [2.45, 2.75) is 18.9 Å². The predicted octanol–water partition coefficient (Wildman–Crippen LogP) is 2.68. The van der Waals surface area contributed by atoms with Gasteiger partial charge < -0.3 is 20.1 Å². The molecule has 0 bridgehead atoms. The average Bonchev–Trinajstić information content (AvgIpc) is 2.49. The minimum absolute atomic E-state index is 0.0313. The summed E-state index contributed by atoms with van der Waals surface area (Å²) < 4.78 is 5.26. The summed E-state index contributed by atoms with van der Waals surface area (Å²) in [5.41, 5.74) is 0.201. The molecule has 21 heavy (non-hydrogen) atoms. The summed E-state index contributed by atoms with van der Waals surface area (Å²) in [6.45, 7) is 1.26. The third-order valence-electron chi connectivity index (χ3n) is 3.51. The minimum Gasteiger partial charge on any atom is -0.478 e. The van der Waals surface area contributed by atoms with Crippen LogP contribution in [0.2, 0.25) is 5.02 Å². The molecule has 1 heterocycles. The molecule has 2 rings (SSSR count). The summed E-state index contributed by atoms with van der Waals surface area (Å²) in [4.78, 5) is 25.0. The molecule has 114 valence electrons. The number of ether oxygens (including phenoxy) is 1. The third-order valence-corrected chi connectivity index (χ3v) is 3.75. The van der Waals surface area contributed by atoms with Crippen LogP contribution < -0.4 is 5.32 Å². The number of nitrogens with one attached hydrogen (secondary N) is 1. The third kappa shape index (κ3) is 3.86. The molecule has 1 aliphatic heterocycles. The molecule has 0 aromatic heterocycles. The molecule has 6 nitrogen and oxygen atoms in total. The number of urea groups is 1. The second-order valence-electron chi connectivity index (χ2n) is 4.88. The molecule has 7 heteroatoms. The van der Waals surface area contributed by atoms with Gasteiger partial charge in [-0.15, -0.1) is 0 Å². The fraction of sp³-hybridized carbons (Fsp3) is 0.429. The van der Waals surface area contributed by atoms with Crippen molar-refractivity contribution < 1.29 is 19.4 Å². The van der Waals surface area contributed by atoms with Crippen molar-refractivity contribution in [3.8, 4) is 0 Å². The fourth-order valence-corrected chi connectivity index (χ4v) is 2.42. The quantitative estimate of drug-likeness (QED) is 0.899. The Hall–Kier alpha value is -1.79. The number of aromatic carboxylic acids is 1. The maximum atomic E-state index is 12.2. The second kappa shape index (κ2) is 6.78. The number of amides is 2. The van der Waals surface area contributed by atoms with E-state index in [4.69, 9.17) is 21.4 Å². The number of carbonyl (C=O) groups excluding carboxylic acids is 1. The Kier molecular flexibility index (Phi) is 5.03. The summed E-state index contributed by atoms with van der Waals surface area (Å²) in [6, 6.07) is 4.10. The number of carbonyl (C=O) groups is 2. The molecule has 2 amide bonds. The molecule has 0 spiro atoms. The van der Waals surface area contributed by atoms with E-state index in [2.05, 4.69) is 5.32 Å². The van der Waals surface area contributed by atoms with Gasteiger partial charge in [-0.1, -0.05) is 11.6 Å². The zero-order chi connectivity index (χ0) is 15.4. The van der Waals surface area contributed by atoms with Crippen LogP contribution in [0.3, 0.4) is 0 Å². The van der Waals surface area contributed by atoms with Gasteiger partial charge in [0.15, 0.2) is 0 Å². The number of carboxylic acids is 1. The highest BCUT2D eigenvalue weighted by atomic mass is 35.5. The number of carboxylic acid groups (broad SMARTS) is 1. The van der Waals surface area contributed by atoms with Crippen LogP contribution in [0.1, 0.15) is 23.2 Å². The number of benzene rings is 1. The lowest BCUT2D eigenvalue weighted by molar-refractivity contribution is 0.0544. The highest BCUT2D eigenvalue weighted by molar-refractivity contribution is 6.31. The maximum absolute atomic E-state index is 12.2. The van der Waals surface area contributed by atoms with Gasteiger partial charge in [-0.25, -0.2) is 9.59 Å². The predicted molar refractivity (Wildman–Crippen MR) is 79.0 cm³/mol. The van der Waals surface area contributed by atoms with Gasteiger partial charge in [0.05, 0.1) is 11.3 Å². The summed E-state index contributed by atoms with van der Waals surface area (Å²) in [6.07, 6.45) is 1.55. The average molecular weight is 313 g/mol. The van der Waals surface area contributed by atoms with Crippen LogP contribution in [0.25, 0.3) is 0 Å². The van der Waals surface area contributed by atoms with E-state index in [1.807, 2.05) is 0 Å². The molecule has 0 atom stereocenters. The molecule has 2 N–H and O–H groups in total. The lowest BCUT2D eigenvalue weighted by atomic mass is 10.1. The van der Waals surface area contributed by atoms with E-state index in [1.165, 1.54) is 18.2 Å². The molecule has 0 aliphatic carbocycles. The highest BCUT2D eigenvalue weighted by Gasteiger charge is 2.23. The van der Waals surface area contributed by atoms with Crippen LogP contribution in [-0.2, 0) is 4.74 Å². The highest BCUT2D eigenvalue weighted by Crippen LogP contribution is 2.22. The van der Waals surface area contributed by atoms with Crippen LogP contribution in [-0.4, -0.2) is 48.3 Å². The van der Waals surface area contributed by atoms with Crippen LogP contribution in [0.4, 0.5) is 10.5 Å². The van der Waals surface area contributed by atoms with Gasteiger partial charge in [0, 0.05) is 31.3 Å². The molecular weight excluding hydrogens is 296 g/mol. The first-order valence-electron chi connectivity index (χ1n) is 6.63. The lowest BCUT2D eigenvalue weighted by Crippen LogP contribution is -2.43. The Morgan fingerprint density at radius 1 is 1.38 bits per heavy atom. The molecule has 0 saturated carbocycles. The maximum Gasteiger partial charge on any atom is 0.337 e. The van der Waals surface area contributed by atoms with Gasteiger partial charge >= 0.3 is 12.0 Å². The van der Waals surface area contributed by atoms with Gasteiger partial charge in [-0.3, -0.25) is 0 Å². The van der Waals surface area contributed by atoms with Crippen molar-refractivity contribution in [2.24, 2.45) is 0 Å². The first kappa shape index (κ1) is 15.6. The van der Waals surface area contributed by atoms with Crippen molar-refractivity contribution in [2.75, 3.05) is 25.6 Å². The van der Waals surface area contributed by atoms with Crippen molar-refractivity contribution in [1.29, 1.82) is 0 Å². The summed E-state index contributed by atoms with van der Waals surface area (Å²) >= 11 is 5.78. The zero-order valence-corrected chi connectivity index (χ0v) is 12.4. The number of hydrogen-bond acceptors (Lipinski definition) is 3. The number of rotatable bonds is 3. The number of anilines is 1. The fourth-order valence-electron chi connectivity index (χ4n) is 2.24. The van der Waals surface area contributed by atoms with E-state index < -0.39 is 5.97 Å². The van der Waals surface area contributed by atoms with Crippen molar-refractivity contribution in [3.05, 3.63) is 28.8 Å². The van der Waals surface area contributed by atoms with Gasteiger partial charge in [-0.2, -0.15) is 0 Å². The number of halogens is 1. The van der Waals surface area contributed by atoms with E-state index in [-0.39, 0.29) is 23.3 Å². The topological polar surface area (TPSA) is 78.9 Å². The largest absolute Gasteiger partial charge is 0.478 e. The Labute approximate surface area is 127 Å². The number of hydrogen-bond donors (Lipinski definition) is 2. The molecular formula is C14H17ClN2O4. The monoisotopic (exact) mass is 312 g/mol. The Morgan fingerprint density at radius 3 is 2.67 bits per heavy atom. The van der Waals surface area contributed by atoms with Gasteiger partial charge in [-0.05, 0) is 31.0 Å². The SMILES string of the molecule is CN(C(=O)Nc1ccc(Cl)cc1C(=O)O)C1CCOCC1. The van der Waals surface area contributed by atoms with E-state index in [1.54, 1.807) is 11.9 Å². The standard InChI is InChI=1S/C14H17ClN2O4/c1-17(10-4-6-21-7-5-10)14(20)16-12-3-2-9(15)8-11(12)13(18)19/h2-3,8,10H,4-7H2,1H3,(H,16,20)(H,18,19). The normalized spacial score (nSPS) is 15.5. The van der Waals surface area contributed by atoms with Gasteiger partial charge in [0.2, 0.25) is 0 Å². The molecule has 1 aromatic carbocycles. The molecule has 1 aliphatic rings. The van der Waals surface area contributed by atoms with Gasteiger partial charge in [0.25, 0.3) is 0 Å². The molecule has 1 aromatic rings. The first-order chi connectivity index (χ1) is 9.99. The Bertz CT molecular complexity index is 544. The van der Waals surface area contributed by atoms with E-state index in [0.717, 1.165) is 12.8 Å². The van der Waals surface area contributed by atoms with E-state index in [9.17, 15) is 9.59 Å². The summed E-state index contributed by atoms with van der Waals surface area (Å²) in [5.74, 6) is -1.14. The van der Waals surface area contributed by atoms with E-state index in [0.29, 0.717) is 18.2 Å². The summed E-state index contributed by atoms with van der Waals surface area (Å²) in [5, 5.41) is 12.1. The van der Waals surface area contributed by atoms with Crippen LogP contribution in [0.5, 0.6) is 0 Å². The zero-order valence-electron chi connectivity index (χ0n) is 11.6. The molecule has 1 fully saturated rings. The van der Waals surface area contributed by atoms with Crippen LogP contribution in [0.15, 0.2) is 18.2 Å². The van der Waals surface area contributed by atoms with E-state index >= 15 is 0 Å². The molecule has 0 radical (unpaired) electrons. The van der Waals surface area contributed by atoms with Crippen LogP contribution in [0, 0.1) is 0 Å². The number of nitrogens with zero attached hydrogens (tertiary/aromatic N) is 1. The first-order valence-corrected chi connectivity index (χ1v) is 7.01. The van der Waals surface area contributed by atoms with Crippen LogP contribution >= 0.6 is 11.6 Å².